The molecule has 9 heteroatoms. The van der Waals surface area contributed by atoms with E-state index in [9.17, 15) is 4.79 Å². The Labute approximate surface area is 132 Å². The van der Waals surface area contributed by atoms with E-state index in [1.54, 1.807) is 20.3 Å². The van der Waals surface area contributed by atoms with Crippen molar-refractivity contribution in [1.29, 1.82) is 0 Å². The highest BCUT2D eigenvalue weighted by atomic mass is 16.2. The molecule has 0 radical (unpaired) electrons. The molecule has 0 saturated carbocycles. The molecule has 0 bridgehead atoms. The Morgan fingerprint density at radius 3 is 2.78 bits per heavy atom. The van der Waals surface area contributed by atoms with Crippen LogP contribution in [0, 0.1) is 6.92 Å². The SMILES string of the molecule is Cc1nnc2ccc(N3CCN(c4cnn(C)c4)C(=O)C3)nn12. The van der Waals surface area contributed by atoms with Gasteiger partial charge in [-0.15, -0.1) is 15.3 Å². The third kappa shape index (κ3) is 2.30. The van der Waals surface area contributed by atoms with Gasteiger partial charge in [-0.25, -0.2) is 0 Å². The van der Waals surface area contributed by atoms with Crippen LogP contribution in [0.1, 0.15) is 5.82 Å². The van der Waals surface area contributed by atoms with Crippen molar-refractivity contribution < 1.29 is 4.79 Å². The maximum absolute atomic E-state index is 12.5. The monoisotopic (exact) mass is 312 g/mol. The van der Waals surface area contributed by atoms with Gasteiger partial charge in [0.25, 0.3) is 0 Å². The van der Waals surface area contributed by atoms with Gasteiger partial charge in [0.15, 0.2) is 11.5 Å². The molecule has 118 valence electrons. The average molecular weight is 312 g/mol. The molecule has 1 amide bonds. The number of piperazine rings is 1. The van der Waals surface area contributed by atoms with Crippen LogP contribution in [0.2, 0.25) is 0 Å². The second-order valence-electron chi connectivity index (χ2n) is 5.55. The minimum atomic E-state index is 0.0339. The predicted octanol–water partition coefficient (Wildman–Crippen LogP) is 0.0194. The molecule has 1 saturated heterocycles. The molecule has 0 unspecified atom stereocenters. The Kier molecular flexibility index (Phi) is 3.00. The first kappa shape index (κ1) is 13.7. The summed E-state index contributed by atoms with van der Waals surface area (Å²) in [6, 6.07) is 3.73. The predicted molar refractivity (Wildman–Crippen MR) is 83.3 cm³/mol. The average Bonchev–Trinajstić information content (AvgIpc) is 3.13. The number of nitrogens with zero attached hydrogens (tertiary/aromatic N) is 8. The summed E-state index contributed by atoms with van der Waals surface area (Å²) >= 11 is 0. The molecule has 3 aromatic heterocycles. The molecule has 0 atom stereocenters. The summed E-state index contributed by atoms with van der Waals surface area (Å²) in [5.74, 6) is 1.51. The Hall–Kier alpha value is -2.97. The molecule has 9 nitrogen and oxygen atoms in total. The highest BCUT2D eigenvalue weighted by Gasteiger charge is 2.27. The third-order valence-electron chi connectivity index (χ3n) is 3.95. The summed E-state index contributed by atoms with van der Waals surface area (Å²) in [7, 11) is 1.84. The summed E-state index contributed by atoms with van der Waals surface area (Å²) < 4.78 is 3.38. The summed E-state index contributed by atoms with van der Waals surface area (Å²) in [5, 5.41) is 16.7. The number of carbonyl (C=O) groups excluding carboxylic acids is 1. The number of amides is 1. The van der Waals surface area contributed by atoms with Crippen LogP contribution >= 0.6 is 0 Å². The highest BCUT2D eigenvalue weighted by Crippen LogP contribution is 2.19. The van der Waals surface area contributed by atoms with Gasteiger partial charge in [-0.3, -0.25) is 9.48 Å². The molecule has 23 heavy (non-hydrogen) atoms. The van der Waals surface area contributed by atoms with Crippen LogP contribution in [-0.2, 0) is 11.8 Å². The quantitative estimate of drug-likeness (QED) is 0.663. The summed E-state index contributed by atoms with van der Waals surface area (Å²) in [5.41, 5.74) is 1.53. The van der Waals surface area contributed by atoms with E-state index in [0.29, 0.717) is 18.7 Å². The largest absolute Gasteiger partial charge is 0.344 e. The number of rotatable bonds is 2. The van der Waals surface area contributed by atoms with Crippen LogP contribution in [0.15, 0.2) is 24.5 Å². The molecule has 0 aromatic carbocycles. The smallest absolute Gasteiger partial charge is 0.246 e. The van der Waals surface area contributed by atoms with E-state index in [1.807, 2.05) is 37.2 Å². The maximum atomic E-state index is 12.5. The first-order chi connectivity index (χ1) is 11.1. The number of hydrogen-bond donors (Lipinski definition) is 0. The van der Waals surface area contributed by atoms with E-state index in [0.717, 1.165) is 17.3 Å². The number of aromatic nitrogens is 6. The first-order valence-electron chi connectivity index (χ1n) is 7.35. The van der Waals surface area contributed by atoms with Crippen molar-refractivity contribution in [2.45, 2.75) is 6.92 Å². The van der Waals surface area contributed by atoms with Gasteiger partial charge in [-0.1, -0.05) is 0 Å². The van der Waals surface area contributed by atoms with Crippen molar-refractivity contribution in [3.8, 4) is 0 Å². The molecule has 0 aliphatic carbocycles. The number of carbonyl (C=O) groups is 1. The van der Waals surface area contributed by atoms with Gasteiger partial charge in [-0.05, 0) is 19.1 Å². The minimum Gasteiger partial charge on any atom is -0.344 e. The maximum Gasteiger partial charge on any atom is 0.246 e. The van der Waals surface area contributed by atoms with Crippen molar-refractivity contribution >= 4 is 23.1 Å². The van der Waals surface area contributed by atoms with Gasteiger partial charge in [-0.2, -0.15) is 9.61 Å². The third-order valence-corrected chi connectivity index (χ3v) is 3.95. The van der Waals surface area contributed by atoms with Crippen molar-refractivity contribution in [1.82, 2.24) is 29.6 Å². The van der Waals surface area contributed by atoms with Crippen molar-refractivity contribution in [2.24, 2.45) is 7.05 Å². The standard InChI is InChI=1S/C14H16N8O/c1-10-16-17-12-3-4-13(18-22(10)12)20-5-6-21(14(23)9-20)11-7-15-19(2)8-11/h3-4,7-8H,5-6,9H2,1-2H3. The summed E-state index contributed by atoms with van der Waals surface area (Å²) in [6.45, 7) is 3.45. The topological polar surface area (TPSA) is 84.5 Å². The molecular formula is C14H16N8O. The van der Waals surface area contributed by atoms with Crippen LogP contribution < -0.4 is 9.80 Å². The Morgan fingerprint density at radius 2 is 2.04 bits per heavy atom. The van der Waals surface area contributed by atoms with E-state index in [1.165, 1.54) is 0 Å². The molecule has 1 aliphatic heterocycles. The van der Waals surface area contributed by atoms with E-state index < -0.39 is 0 Å². The summed E-state index contributed by atoms with van der Waals surface area (Å²) in [4.78, 5) is 16.2. The lowest BCUT2D eigenvalue weighted by Gasteiger charge is -2.34. The molecule has 1 fully saturated rings. The van der Waals surface area contributed by atoms with E-state index in [-0.39, 0.29) is 12.5 Å². The number of anilines is 2. The van der Waals surface area contributed by atoms with Crippen LogP contribution in [0.5, 0.6) is 0 Å². The zero-order chi connectivity index (χ0) is 16.0. The van der Waals surface area contributed by atoms with E-state index in [2.05, 4.69) is 20.4 Å². The molecule has 4 rings (SSSR count). The van der Waals surface area contributed by atoms with Crippen LogP contribution in [0.25, 0.3) is 5.65 Å². The number of aryl methyl sites for hydroxylation is 2. The normalized spacial score (nSPS) is 15.7. The van der Waals surface area contributed by atoms with Gasteiger partial charge >= 0.3 is 0 Å². The van der Waals surface area contributed by atoms with Gasteiger partial charge in [0.05, 0.1) is 18.4 Å². The van der Waals surface area contributed by atoms with Crippen molar-refractivity contribution in [2.75, 3.05) is 29.4 Å². The van der Waals surface area contributed by atoms with Crippen LogP contribution in [0.4, 0.5) is 11.5 Å². The van der Waals surface area contributed by atoms with Crippen molar-refractivity contribution in [3.63, 3.8) is 0 Å². The molecule has 0 N–H and O–H groups in total. The molecular weight excluding hydrogens is 296 g/mol. The van der Waals surface area contributed by atoms with E-state index in [4.69, 9.17) is 0 Å². The zero-order valence-electron chi connectivity index (χ0n) is 12.9. The lowest BCUT2D eigenvalue weighted by atomic mass is 10.3. The minimum absolute atomic E-state index is 0.0339. The molecule has 1 aliphatic rings. The summed E-state index contributed by atoms with van der Waals surface area (Å²) in [6.07, 6.45) is 3.55. The Morgan fingerprint density at radius 1 is 1.17 bits per heavy atom. The molecule has 4 heterocycles. The second-order valence-corrected chi connectivity index (χ2v) is 5.55. The van der Waals surface area contributed by atoms with Gasteiger partial charge in [0.1, 0.15) is 5.82 Å². The lowest BCUT2D eigenvalue weighted by Crippen LogP contribution is -2.51. The highest BCUT2D eigenvalue weighted by molar-refractivity contribution is 5.97. The van der Waals surface area contributed by atoms with Gasteiger partial charge < -0.3 is 9.80 Å². The Bertz CT molecular complexity index is 882. The number of fused-ring (bicyclic) bond motifs is 1. The van der Waals surface area contributed by atoms with Crippen LogP contribution in [-0.4, -0.2) is 55.1 Å². The Balaban J connectivity index is 1.57. The first-order valence-corrected chi connectivity index (χ1v) is 7.35. The fourth-order valence-electron chi connectivity index (χ4n) is 2.74. The fourth-order valence-corrected chi connectivity index (χ4v) is 2.74. The van der Waals surface area contributed by atoms with Crippen molar-refractivity contribution in [3.05, 3.63) is 30.4 Å². The van der Waals surface area contributed by atoms with Crippen LogP contribution in [0.3, 0.4) is 0 Å². The fraction of sp³-hybridized carbons (Fsp3) is 0.357. The molecule has 0 spiro atoms. The zero-order valence-corrected chi connectivity index (χ0v) is 12.9. The molecule has 3 aromatic rings. The van der Waals surface area contributed by atoms with E-state index >= 15 is 0 Å². The number of hydrogen-bond acceptors (Lipinski definition) is 6. The van der Waals surface area contributed by atoms with Gasteiger partial charge in [0.2, 0.25) is 5.91 Å². The van der Waals surface area contributed by atoms with Gasteiger partial charge in [0, 0.05) is 26.3 Å². The second kappa shape index (κ2) is 5.04. The lowest BCUT2D eigenvalue weighted by molar-refractivity contribution is -0.117.